The number of hydrogen-bond donors (Lipinski definition) is 3. The van der Waals surface area contributed by atoms with E-state index in [-0.39, 0.29) is 11.9 Å². The molecule has 172 valence electrons. The van der Waals surface area contributed by atoms with Gasteiger partial charge in [0.25, 0.3) is 0 Å². The molecule has 2 fully saturated rings. The van der Waals surface area contributed by atoms with Gasteiger partial charge in [-0.25, -0.2) is 9.38 Å². The fourth-order valence-corrected chi connectivity index (χ4v) is 4.45. The van der Waals surface area contributed by atoms with Gasteiger partial charge in [-0.05, 0) is 56.0 Å². The molecule has 2 heterocycles. The summed E-state index contributed by atoms with van der Waals surface area (Å²) < 4.78 is 14.7. The first-order chi connectivity index (χ1) is 15.6. The van der Waals surface area contributed by atoms with E-state index in [0.717, 1.165) is 37.6 Å². The van der Waals surface area contributed by atoms with Crippen molar-refractivity contribution in [2.24, 2.45) is 4.99 Å². The van der Waals surface area contributed by atoms with E-state index in [9.17, 15) is 9.50 Å². The number of halogens is 1. The molecule has 2 saturated heterocycles. The second-order valence-electron chi connectivity index (χ2n) is 8.61. The van der Waals surface area contributed by atoms with E-state index in [1.54, 1.807) is 6.07 Å². The lowest BCUT2D eigenvalue weighted by atomic mass is 10.1. The predicted molar refractivity (Wildman–Crippen MR) is 129 cm³/mol. The van der Waals surface area contributed by atoms with Crippen LogP contribution in [0.15, 0.2) is 53.5 Å². The van der Waals surface area contributed by atoms with Gasteiger partial charge in [0, 0.05) is 44.5 Å². The number of aliphatic imine (C=N–C) groups is 1. The zero-order valence-corrected chi connectivity index (χ0v) is 18.8. The molecule has 1 unspecified atom stereocenters. The van der Waals surface area contributed by atoms with Crippen LogP contribution in [0.1, 0.15) is 31.7 Å². The van der Waals surface area contributed by atoms with Crippen molar-refractivity contribution in [3.63, 3.8) is 0 Å². The van der Waals surface area contributed by atoms with Gasteiger partial charge in [0.2, 0.25) is 0 Å². The van der Waals surface area contributed by atoms with Crippen LogP contribution in [0.25, 0.3) is 0 Å². The summed E-state index contributed by atoms with van der Waals surface area (Å²) in [5.74, 6) is 0.545. The van der Waals surface area contributed by atoms with Gasteiger partial charge >= 0.3 is 0 Å². The number of anilines is 2. The minimum atomic E-state index is -0.264. The zero-order chi connectivity index (χ0) is 22.3. The number of rotatable bonds is 6. The Labute approximate surface area is 190 Å². The summed E-state index contributed by atoms with van der Waals surface area (Å²) in [5.41, 5.74) is 2.71. The number of nitrogens with one attached hydrogen (secondary N) is 2. The monoisotopic (exact) mass is 439 g/mol. The molecule has 2 aliphatic rings. The van der Waals surface area contributed by atoms with Gasteiger partial charge in [-0.15, -0.1) is 0 Å². The van der Waals surface area contributed by atoms with Gasteiger partial charge in [0.1, 0.15) is 5.82 Å². The number of aliphatic hydroxyl groups is 1. The van der Waals surface area contributed by atoms with E-state index in [1.165, 1.54) is 5.69 Å². The van der Waals surface area contributed by atoms with Gasteiger partial charge in [0.15, 0.2) is 5.96 Å². The summed E-state index contributed by atoms with van der Waals surface area (Å²) >= 11 is 0. The average molecular weight is 440 g/mol. The summed E-state index contributed by atoms with van der Waals surface area (Å²) in [6.07, 6.45) is 2.16. The highest BCUT2D eigenvalue weighted by molar-refractivity contribution is 5.80. The highest BCUT2D eigenvalue weighted by atomic mass is 19.1. The molecular weight excluding hydrogens is 405 g/mol. The first-order valence-corrected chi connectivity index (χ1v) is 11.7. The van der Waals surface area contributed by atoms with Crippen molar-refractivity contribution in [3.8, 4) is 0 Å². The van der Waals surface area contributed by atoms with Crippen molar-refractivity contribution < 1.29 is 9.50 Å². The Morgan fingerprint density at radius 1 is 1.06 bits per heavy atom. The molecule has 4 rings (SSSR count). The Morgan fingerprint density at radius 2 is 1.81 bits per heavy atom. The lowest BCUT2D eigenvalue weighted by Crippen LogP contribution is -2.44. The molecule has 2 aliphatic heterocycles. The number of para-hydroxylation sites is 1. The molecule has 0 amide bonds. The predicted octanol–water partition coefficient (Wildman–Crippen LogP) is 3.12. The quantitative estimate of drug-likeness (QED) is 0.477. The van der Waals surface area contributed by atoms with Gasteiger partial charge in [-0.2, -0.15) is 0 Å². The summed E-state index contributed by atoms with van der Waals surface area (Å²) in [4.78, 5) is 9.10. The van der Waals surface area contributed by atoms with Crippen LogP contribution < -0.4 is 20.4 Å². The fourth-order valence-electron chi connectivity index (χ4n) is 4.45. The summed E-state index contributed by atoms with van der Waals surface area (Å²) in [5, 5.41) is 16.5. The number of benzene rings is 2. The molecule has 6 nitrogen and oxygen atoms in total. The third-order valence-electron chi connectivity index (χ3n) is 6.23. The molecule has 1 atom stereocenters. The van der Waals surface area contributed by atoms with Crippen LogP contribution in [0, 0.1) is 5.82 Å². The third kappa shape index (κ3) is 5.71. The maximum Gasteiger partial charge on any atom is 0.191 e. The molecule has 32 heavy (non-hydrogen) atoms. The molecular formula is C25H34FN5O. The molecule has 0 bridgehead atoms. The van der Waals surface area contributed by atoms with Crippen LogP contribution in [-0.2, 0) is 6.54 Å². The topological polar surface area (TPSA) is 63.1 Å². The van der Waals surface area contributed by atoms with Crippen LogP contribution >= 0.6 is 0 Å². The highest BCUT2D eigenvalue weighted by Gasteiger charge is 2.23. The average Bonchev–Trinajstić information content (AvgIpc) is 3.28. The van der Waals surface area contributed by atoms with E-state index in [2.05, 4.69) is 39.8 Å². The van der Waals surface area contributed by atoms with Crippen molar-refractivity contribution in [2.75, 3.05) is 42.5 Å². The maximum absolute atomic E-state index is 14.7. The van der Waals surface area contributed by atoms with Gasteiger partial charge in [0.05, 0.1) is 18.3 Å². The standard InChI is InChI=1S/C25H34FN5O/c1-2-27-25(29-20-10-13-31(18-20)21-6-4-3-5-7-21)28-17-19-8-9-24(23(26)16-19)30-14-11-22(32)12-15-30/h3-9,16,20,22,32H,2,10-15,17-18H2,1H3,(H2,27,28,29). The van der Waals surface area contributed by atoms with Crippen molar-refractivity contribution in [3.05, 3.63) is 59.9 Å². The normalized spacial score (nSPS) is 20.0. The van der Waals surface area contributed by atoms with E-state index in [0.29, 0.717) is 44.2 Å². The lowest BCUT2D eigenvalue weighted by molar-refractivity contribution is 0.145. The second kappa shape index (κ2) is 10.7. The third-order valence-corrected chi connectivity index (χ3v) is 6.23. The van der Waals surface area contributed by atoms with Crippen molar-refractivity contribution in [2.45, 2.75) is 44.9 Å². The van der Waals surface area contributed by atoms with Crippen molar-refractivity contribution in [1.29, 1.82) is 0 Å². The first-order valence-electron chi connectivity index (χ1n) is 11.7. The Kier molecular flexibility index (Phi) is 7.47. The Bertz CT molecular complexity index is 898. The Balaban J connectivity index is 1.35. The number of piperidine rings is 1. The summed E-state index contributed by atoms with van der Waals surface area (Å²) in [7, 11) is 0. The zero-order valence-electron chi connectivity index (χ0n) is 18.8. The van der Waals surface area contributed by atoms with E-state index >= 15 is 0 Å². The SMILES string of the molecule is CCNC(=NCc1ccc(N2CCC(O)CC2)c(F)c1)NC1CCN(c2ccccc2)C1. The van der Waals surface area contributed by atoms with E-state index in [1.807, 2.05) is 30.0 Å². The second-order valence-corrected chi connectivity index (χ2v) is 8.61. The van der Waals surface area contributed by atoms with Gasteiger partial charge < -0.3 is 25.5 Å². The fraction of sp³-hybridized carbons (Fsp3) is 0.480. The molecule has 2 aromatic rings. The molecule has 0 aromatic heterocycles. The molecule has 7 heteroatoms. The highest BCUT2D eigenvalue weighted by Crippen LogP contribution is 2.24. The molecule has 0 spiro atoms. The molecule has 0 radical (unpaired) electrons. The molecule has 0 saturated carbocycles. The number of aliphatic hydroxyl groups excluding tert-OH is 1. The van der Waals surface area contributed by atoms with Crippen LogP contribution in [0.5, 0.6) is 0 Å². The number of nitrogens with zero attached hydrogens (tertiary/aromatic N) is 3. The van der Waals surface area contributed by atoms with Crippen molar-refractivity contribution >= 4 is 17.3 Å². The Hall–Kier alpha value is -2.80. The first kappa shape index (κ1) is 22.4. The number of guanidine groups is 1. The van der Waals surface area contributed by atoms with Crippen molar-refractivity contribution in [1.82, 2.24) is 10.6 Å². The van der Waals surface area contributed by atoms with Crippen LogP contribution in [0.2, 0.25) is 0 Å². The summed E-state index contributed by atoms with van der Waals surface area (Å²) in [6.45, 7) is 6.56. The minimum absolute atomic E-state index is 0.221. The minimum Gasteiger partial charge on any atom is -0.393 e. The number of hydrogen-bond acceptors (Lipinski definition) is 4. The largest absolute Gasteiger partial charge is 0.393 e. The maximum atomic E-state index is 14.7. The van der Waals surface area contributed by atoms with Crippen LogP contribution in [0.4, 0.5) is 15.8 Å². The van der Waals surface area contributed by atoms with Gasteiger partial charge in [-0.1, -0.05) is 24.3 Å². The summed E-state index contributed by atoms with van der Waals surface area (Å²) in [6, 6.07) is 16.2. The smallest absolute Gasteiger partial charge is 0.191 e. The van der Waals surface area contributed by atoms with Gasteiger partial charge in [-0.3, -0.25) is 0 Å². The van der Waals surface area contributed by atoms with E-state index in [4.69, 9.17) is 4.99 Å². The molecule has 0 aliphatic carbocycles. The lowest BCUT2D eigenvalue weighted by Gasteiger charge is -2.31. The molecule has 2 aromatic carbocycles. The van der Waals surface area contributed by atoms with Crippen LogP contribution in [0.3, 0.4) is 0 Å². The molecule has 3 N–H and O–H groups in total. The van der Waals surface area contributed by atoms with Crippen LogP contribution in [-0.4, -0.2) is 55.9 Å². The van der Waals surface area contributed by atoms with E-state index < -0.39 is 0 Å². The Morgan fingerprint density at radius 3 is 2.53 bits per heavy atom.